The second kappa shape index (κ2) is 4.94. The lowest BCUT2D eigenvalue weighted by Crippen LogP contribution is -2.26. The molecule has 0 aliphatic carbocycles. The smallest absolute Gasteiger partial charge is 0.305 e. The fraction of sp³-hybridized carbons (Fsp3) is 0.400. The molecule has 68 valence electrons. The first-order valence-electron chi connectivity index (χ1n) is 3.13. The number of aliphatic carboxylic acids is 1. The van der Waals surface area contributed by atoms with Gasteiger partial charge in [-0.1, -0.05) is 0 Å². The minimum atomic E-state index is -0.948. The molecule has 0 aromatic rings. The molecule has 0 unspecified atom stereocenters. The quantitative estimate of drug-likeness (QED) is 0.290. The number of hydrogen-bond acceptors (Lipinski definition) is 2. The maximum atomic E-state index is 10.0. The monoisotopic (exact) mass is 173 g/mol. The zero-order valence-corrected chi connectivity index (χ0v) is 6.40. The number of rotatable bonds is 3. The van der Waals surface area contributed by atoms with E-state index in [-0.39, 0.29) is 24.9 Å². The fourth-order valence-electron chi connectivity index (χ4n) is 0.434. The molecule has 7 heteroatoms. The predicted octanol–water partition coefficient (Wildman–Crippen LogP) is -1.95. The Morgan fingerprint density at radius 2 is 1.92 bits per heavy atom. The van der Waals surface area contributed by atoms with E-state index in [1.807, 2.05) is 0 Å². The number of hydrogen-bond donors (Lipinski definition) is 4. The van der Waals surface area contributed by atoms with Crippen molar-refractivity contribution in [3.05, 3.63) is 0 Å². The average molecular weight is 173 g/mol. The highest BCUT2D eigenvalue weighted by molar-refractivity contribution is 5.92. The van der Waals surface area contributed by atoms with Gasteiger partial charge in [0, 0.05) is 0 Å². The molecule has 7 N–H and O–H groups in total. The van der Waals surface area contributed by atoms with Gasteiger partial charge in [0.15, 0.2) is 5.96 Å². The van der Waals surface area contributed by atoms with Crippen LogP contribution in [0.25, 0.3) is 0 Å². The summed E-state index contributed by atoms with van der Waals surface area (Å²) in [6.45, 7) is 0.0674. The predicted molar refractivity (Wildman–Crippen MR) is 44.6 cm³/mol. The maximum Gasteiger partial charge on any atom is 0.305 e. The van der Waals surface area contributed by atoms with Crippen LogP contribution in [0, 0.1) is 0 Å². The topological polar surface area (TPSA) is 140 Å². The Labute approximate surface area is 69.0 Å². The lowest BCUT2D eigenvalue weighted by molar-refractivity contribution is -0.136. The van der Waals surface area contributed by atoms with E-state index in [9.17, 15) is 4.79 Å². The third kappa shape index (κ3) is 6.33. The number of nitrogens with zero attached hydrogens (tertiary/aromatic N) is 2. The Kier molecular flexibility index (Phi) is 4.20. The first-order valence-corrected chi connectivity index (χ1v) is 3.13. The standard InChI is InChI=1S/C5H11N5O2/c6-4(7)10-5(8)9-2-1-3(11)12/h1-2H2,(H,11,12)(H6,6,7,8,9,10). The summed E-state index contributed by atoms with van der Waals surface area (Å²) in [5.74, 6) is -1.26. The molecule has 7 nitrogen and oxygen atoms in total. The second-order valence-electron chi connectivity index (χ2n) is 1.92. The first-order chi connectivity index (χ1) is 5.52. The normalized spacial score (nSPS) is 10.8. The average Bonchev–Trinajstić information content (AvgIpc) is 1.84. The van der Waals surface area contributed by atoms with Crippen molar-refractivity contribution >= 4 is 17.9 Å². The minimum Gasteiger partial charge on any atom is -0.481 e. The SMILES string of the molecule is NC(N)=NC(N)=NCCC(=O)O. The third-order valence-corrected chi connectivity index (χ3v) is 0.843. The highest BCUT2D eigenvalue weighted by Gasteiger charge is 1.94. The molecule has 0 saturated heterocycles. The zero-order valence-electron chi connectivity index (χ0n) is 6.40. The van der Waals surface area contributed by atoms with Crippen LogP contribution < -0.4 is 17.2 Å². The molecule has 0 aromatic heterocycles. The lowest BCUT2D eigenvalue weighted by atomic mass is 10.4. The van der Waals surface area contributed by atoms with Crippen molar-refractivity contribution in [2.75, 3.05) is 6.54 Å². The number of carboxylic acid groups (broad SMARTS) is 1. The molecule has 0 fully saturated rings. The van der Waals surface area contributed by atoms with E-state index in [0.29, 0.717) is 0 Å². The van der Waals surface area contributed by atoms with Gasteiger partial charge in [0.2, 0.25) is 5.96 Å². The van der Waals surface area contributed by atoms with Gasteiger partial charge >= 0.3 is 5.97 Å². The van der Waals surface area contributed by atoms with E-state index in [2.05, 4.69) is 9.98 Å². The zero-order chi connectivity index (χ0) is 9.56. The minimum absolute atomic E-state index is 0.0674. The molecule has 0 heterocycles. The molecule has 0 saturated carbocycles. The van der Waals surface area contributed by atoms with E-state index < -0.39 is 5.97 Å². The molecule has 0 rings (SSSR count). The molecular formula is C5H11N5O2. The Hall–Kier alpha value is -1.79. The highest BCUT2D eigenvalue weighted by atomic mass is 16.4. The molecular weight excluding hydrogens is 162 g/mol. The van der Waals surface area contributed by atoms with Gasteiger partial charge in [-0.05, 0) is 0 Å². The molecule has 0 aliphatic heterocycles. The van der Waals surface area contributed by atoms with E-state index in [1.54, 1.807) is 0 Å². The Morgan fingerprint density at radius 3 is 2.33 bits per heavy atom. The molecule has 0 spiro atoms. The summed E-state index contributed by atoms with van der Waals surface area (Å²) >= 11 is 0. The van der Waals surface area contributed by atoms with Crippen LogP contribution in [-0.2, 0) is 4.79 Å². The summed E-state index contributed by atoms with van der Waals surface area (Å²) in [6, 6.07) is 0. The van der Waals surface area contributed by atoms with Gasteiger partial charge in [-0.3, -0.25) is 9.79 Å². The molecule has 0 bridgehead atoms. The summed E-state index contributed by atoms with van der Waals surface area (Å²) in [5, 5.41) is 8.21. The Balaban J connectivity index is 3.85. The van der Waals surface area contributed by atoms with Crippen LogP contribution in [0.5, 0.6) is 0 Å². The number of carboxylic acids is 1. The first kappa shape index (κ1) is 10.2. The van der Waals surface area contributed by atoms with E-state index in [4.69, 9.17) is 22.3 Å². The van der Waals surface area contributed by atoms with Crippen LogP contribution >= 0.6 is 0 Å². The molecule has 12 heavy (non-hydrogen) atoms. The van der Waals surface area contributed by atoms with E-state index in [1.165, 1.54) is 0 Å². The van der Waals surface area contributed by atoms with Gasteiger partial charge in [-0.25, -0.2) is 0 Å². The van der Waals surface area contributed by atoms with E-state index >= 15 is 0 Å². The Morgan fingerprint density at radius 1 is 1.33 bits per heavy atom. The number of nitrogens with two attached hydrogens (primary N) is 3. The van der Waals surface area contributed by atoms with Gasteiger partial charge in [0.05, 0.1) is 13.0 Å². The van der Waals surface area contributed by atoms with Gasteiger partial charge in [0.25, 0.3) is 0 Å². The lowest BCUT2D eigenvalue weighted by Gasteiger charge is -1.92. The van der Waals surface area contributed by atoms with Crippen molar-refractivity contribution in [3.63, 3.8) is 0 Å². The summed E-state index contributed by atoms with van der Waals surface area (Å²) in [7, 11) is 0. The van der Waals surface area contributed by atoms with E-state index in [0.717, 1.165) is 0 Å². The second-order valence-corrected chi connectivity index (χ2v) is 1.92. The van der Waals surface area contributed by atoms with Gasteiger partial charge in [-0.15, -0.1) is 0 Å². The molecule has 0 atom stereocenters. The number of guanidine groups is 2. The molecule has 0 aromatic carbocycles. The van der Waals surface area contributed by atoms with Crippen LogP contribution in [0.3, 0.4) is 0 Å². The van der Waals surface area contributed by atoms with Crippen molar-refractivity contribution in [2.24, 2.45) is 27.2 Å². The summed E-state index contributed by atoms with van der Waals surface area (Å²) < 4.78 is 0. The van der Waals surface area contributed by atoms with Crippen LogP contribution in [0.4, 0.5) is 0 Å². The van der Waals surface area contributed by atoms with Crippen LogP contribution in [0.15, 0.2) is 9.98 Å². The summed E-state index contributed by atoms with van der Waals surface area (Å²) in [6.07, 6.45) is -0.0965. The number of aliphatic imine (C=N–C) groups is 2. The Bertz CT molecular complexity index is 218. The largest absolute Gasteiger partial charge is 0.481 e. The van der Waals surface area contributed by atoms with Crippen LogP contribution in [0.1, 0.15) is 6.42 Å². The van der Waals surface area contributed by atoms with Crippen molar-refractivity contribution < 1.29 is 9.90 Å². The summed E-state index contributed by atoms with van der Waals surface area (Å²) in [4.78, 5) is 17.0. The third-order valence-electron chi connectivity index (χ3n) is 0.843. The van der Waals surface area contributed by atoms with Crippen LogP contribution in [0.2, 0.25) is 0 Å². The van der Waals surface area contributed by atoms with Gasteiger partial charge < -0.3 is 22.3 Å². The van der Waals surface area contributed by atoms with Gasteiger partial charge in [-0.2, -0.15) is 4.99 Å². The number of carbonyl (C=O) groups is 1. The van der Waals surface area contributed by atoms with Crippen LogP contribution in [-0.4, -0.2) is 29.5 Å². The maximum absolute atomic E-state index is 10.0. The van der Waals surface area contributed by atoms with Crippen molar-refractivity contribution in [1.82, 2.24) is 0 Å². The molecule has 0 aliphatic rings. The highest BCUT2D eigenvalue weighted by Crippen LogP contribution is 1.81. The fourth-order valence-corrected chi connectivity index (χ4v) is 0.434. The molecule has 0 amide bonds. The van der Waals surface area contributed by atoms with Crippen molar-refractivity contribution in [1.29, 1.82) is 0 Å². The molecule has 0 radical (unpaired) electrons. The summed E-state index contributed by atoms with van der Waals surface area (Å²) in [5.41, 5.74) is 15.1. The van der Waals surface area contributed by atoms with Crippen molar-refractivity contribution in [3.8, 4) is 0 Å². The van der Waals surface area contributed by atoms with Gasteiger partial charge in [0.1, 0.15) is 0 Å². The van der Waals surface area contributed by atoms with Crippen molar-refractivity contribution in [2.45, 2.75) is 6.42 Å².